The summed E-state index contributed by atoms with van der Waals surface area (Å²) >= 11 is 5.67. The summed E-state index contributed by atoms with van der Waals surface area (Å²) in [7, 11) is 0. The predicted molar refractivity (Wildman–Crippen MR) is 69.1 cm³/mol. The largest absolute Gasteiger partial charge is 0.462 e. The summed E-state index contributed by atoms with van der Waals surface area (Å²) < 4.78 is 19.6. The van der Waals surface area contributed by atoms with Gasteiger partial charge < -0.3 is 18.9 Å². The van der Waals surface area contributed by atoms with Gasteiger partial charge in [0.05, 0.1) is 19.8 Å². The molecule has 0 aliphatic rings. The summed E-state index contributed by atoms with van der Waals surface area (Å²) in [5.74, 6) is -1.30. The summed E-state index contributed by atoms with van der Waals surface area (Å²) in [5.41, 5.74) is 0. The summed E-state index contributed by atoms with van der Waals surface area (Å²) in [5, 5.41) is -1.03. The van der Waals surface area contributed by atoms with Crippen LogP contribution in [-0.2, 0) is 28.5 Å². The molecule has 0 saturated carbocycles. The van der Waals surface area contributed by atoms with Crippen LogP contribution in [-0.4, -0.2) is 57.0 Å². The lowest BCUT2D eigenvalue weighted by Crippen LogP contribution is -2.25. The van der Waals surface area contributed by atoms with Gasteiger partial charge in [-0.1, -0.05) is 6.58 Å². The van der Waals surface area contributed by atoms with Crippen molar-refractivity contribution in [2.24, 2.45) is 0 Å². The van der Waals surface area contributed by atoms with Crippen molar-refractivity contribution in [3.8, 4) is 0 Å². The Hall–Kier alpha value is -1.11. The Bertz CT molecular complexity index is 281. The Labute approximate surface area is 117 Å². The van der Waals surface area contributed by atoms with Crippen molar-refractivity contribution in [1.29, 1.82) is 0 Å². The van der Waals surface area contributed by atoms with Crippen molar-refractivity contribution in [3.05, 3.63) is 12.7 Å². The van der Waals surface area contributed by atoms with E-state index < -0.39 is 17.3 Å². The molecule has 0 aliphatic carbocycles. The summed E-state index contributed by atoms with van der Waals surface area (Å²) in [6.07, 6.45) is 0.987. The van der Waals surface area contributed by atoms with E-state index in [4.69, 9.17) is 25.8 Å². The van der Waals surface area contributed by atoms with Crippen LogP contribution in [0.4, 0.5) is 0 Å². The number of halogens is 1. The molecule has 0 aromatic heterocycles. The lowest BCUT2D eigenvalue weighted by molar-refractivity contribution is -0.148. The van der Waals surface area contributed by atoms with E-state index in [2.05, 4.69) is 11.3 Å². The van der Waals surface area contributed by atoms with Crippen molar-refractivity contribution >= 4 is 23.5 Å². The Kier molecular flexibility index (Phi) is 11.3. The van der Waals surface area contributed by atoms with Crippen LogP contribution in [0.3, 0.4) is 0 Å². The molecule has 1 unspecified atom stereocenters. The van der Waals surface area contributed by atoms with Gasteiger partial charge in [-0.3, -0.25) is 4.79 Å². The maximum Gasteiger partial charge on any atom is 0.330 e. The molecular weight excluding hydrogens is 276 g/mol. The first-order chi connectivity index (χ1) is 9.11. The Morgan fingerprint density at radius 3 is 2.42 bits per heavy atom. The fraction of sp³-hybridized carbons (Fsp3) is 0.667. The van der Waals surface area contributed by atoms with Crippen LogP contribution in [0.15, 0.2) is 12.7 Å². The molecule has 0 heterocycles. The van der Waals surface area contributed by atoms with Gasteiger partial charge in [0.1, 0.15) is 13.2 Å². The highest BCUT2D eigenvalue weighted by Crippen LogP contribution is 2.00. The molecule has 0 fully saturated rings. The number of hydrogen-bond acceptors (Lipinski definition) is 6. The molecule has 0 N–H and O–H groups in total. The van der Waals surface area contributed by atoms with Crippen molar-refractivity contribution in [2.75, 3.05) is 39.6 Å². The molecule has 0 radical (unpaired) electrons. The first-order valence-electron chi connectivity index (χ1n) is 5.87. The smallest absolute Gasteiger partial charge is 0.330 e. The molecule has 0 aromatic rings. The van der Waals surface area contributed by atoms with Gasteiger partial charge in [0.2, 0.25) is 0 Å². The molecule has 0 rings (SSSR count). The number of alkyl halides is 1. The van der Waals surface area contributed by atoms with Gasteiger partial charge in [-0.25, -0.2) is 4.79 Å². The molecule has 110 valence electrons. The second-order valence-electron chi connectivity index (χ2n) is 3.28. The zero-order chi connectivity index (χ0) is 14.5. The van der Waals surface area contributed by atoms with E-state index in [0.717, 1.165) is 6.08 Å². The third kappa shape index (κ3) is 10.5. The van der Waals surface area contributed by atoms with Crippen LogP contribution in [0.25, 0.3) is 0 Å². The standard InChI is InChI=1S/C12H19ClO6/c1-3-11(14)19-9-10(13)12(15)18-8-7-17-6-5-16-4-2/h3,10H,1,4-9H2,2H3. The van der Waals surface area contributed by atoms with Crippen LogP contribution >= 0.6 is 11.6 Å². The number of hydrogen-bond donors (Lipinski definition) is 0. The Balaban J connectivity index is 3.51. The van der Waals surface area contributed by atoms with Gasteiger partial charge in [-0.15, -0.1) is 11.6 Å². The topological polar surface area (TPSA) is 71.1 Å². The summed E-state index contributed by atoms with van der Waals surface area (Å²) in [6.45, 7) is 6.77. The van der Waals surface area contributed by atoms with Gasteiger partial charge in [-0.05, 0) is 6.92 Å². The van der Waals surface area contributed by atoms with Gasteiger partial charge in [0.15, 0.2) is 5.38 Å². The van der Waals surface area contributed by atoms with E-state index in [1.807, 2.05) is 6.92 Å². The van der Waals surface area contributed by atoms with Gasteiger partial charge in [-0.2, -0.15) is 0 Å². The number of esters is 2. The molecule has 0 bridgehead atoms. The second-order valence-corrected chi connectivity index (χ2v) is 3.81. The quantitative estimate of drug-likeness (QED) is 0.244. The van der Waals surface area contributed by atoms with Crippen LogP contribution in [0.1, 0.15) is 6.92 Å². The van der Waals surface area contributed by atoms with Gasteiger partial charge >= 0.3 is 11.9 Å². The minimum atomic E-state index is -1.03. The van der Waals surface area contributed by atoms with E-state index in [1.165, 1.54) is 0 Å². The predicted octanol–water partition coefficient (Wildman–Crippen LogP) is 0.919. The van der Waals surface area contributed by atoms with E-state index in [1.54, 1.807) is 0 Å². The first kappa shape index (κ1) is 17.9. The molecule has 1 atom stereocenters. The first-order valence-corrected chi connectivity index (χ1v) is 6.30. The van der Waals surface area contributed by atoms with E-state index in [9.17, 15) is 9.59 Å². The number of carbonyl (C=O) groups excluding carboxylic acids is 2. The highest BCUT2D eigenvalue weighted by atomic mass is 35.5. The lowest BCUT2D eigenvalue weighted by Gasteiger charge is -2.10. The molecule has 7 heteroatoms. The maximum absolute atomic E-state index is 11.3. The van der Waals surface area contributed by atoms with Crippen molar-refractivity contribution in [3.63, 3.8) is 0 Å². The number of carbonyl (C=O) groups is 2. The second kappa shape index (κ2) is 12.0. The fourth-order valence-corrected chi connectivity index (χ4v) is 1.06. The zero-order valence-corrected chi connectivity index (χ0v) is 11.7. The number of rotatable bonds is 11. The fourth-order valence-electron chi connectivity index (χ4n) is 0.938. The maximum atomic E-state index is 11.3. The average Bonchev–Trinajstić information content (AvgIpc) is 2.42. The minimum absolute atomic E-state index is 0.0869. The molecule has 0 amide bonds. The summed E-state index contributed by atoms with van der Waals surface area (Å²) in [4.78, 5) is 22.1. The van der Waals surface area contributed by atoms with Crippen LogP contribution in [0.5, 0.6) is 0 Å². The molecule has 6 nitrogen and oxygen atoms in total. The van der Waals surface area contributed by atoms with Crippen molar-refractivity contribution < 1.29 is 28.5 Å². The molecule has 19 heavy (non-hydrogen) atoms. The highest BCUT2D eigenvalue weighted by Gasteiger charge is 2.18. The monoisotopic (exact) mass is 294 g/mol. The van der Waals surface area contributed by atoms with E-state index in [-0.39, 0.29) is 19.8 Å². The number of ether oxygens (including phenoxy) is 4. The highest BCUT2D eigenvalue weighted by molar-refractivity contribution is 6.30. The Morgan fingerprint density at radius 1 is 1.16 bits per heavy atom. The molecule has 0 aromatic carbocycles. The van der Waals surface area contributed by atoms with Crippen molar-refractivity contribution in [1.82, 2.24) is 0 Å². The third-order valence-electron chi connectivity index (χ3n) is 1.84. The van der Waals surface area contributed by atoms with E-state index >= 15 is 0 Å². The van der Waals surface area contributed by atoms with Gasteiger partial charge in [0, 0.05) is 12.7 Å². The van der Waals surface area contributed by atoms with Gasteiger partial charge in [0.25, 0.3) is 0 Å². The SMILES string of the molecule is C=CC(=O)OCC(Cl)C(=O)OCCOCCOCC. The zero-order valence-electron chi connectivity index (χ0n) is 10.9. The normalized spacial score (nSPS) is 11.7. The molecule has 0 aliphatic heterocycles. The average molecular weight is 295 g/mol. The van der Waals surface area contributed by atoms with Crippen LogP contribution < -0.4 is 0 Å². The lowest BCUT2D eigenvalue weighted by atomic mass is 10.4. The molecule has 0 spiro atoms. The third-order valence-corrected chi connectivity index (χ3v) is 2.15. The van der Waals surface area contributed by atoms with E-state index in [0.29, 0.717) is 19.8 Å². The van der Waals surface area contributed by atoms with Crippen LogP contribution in [0, 0.1) is 0 Å². The summed E-state index contributed by atoms with van der Waals surface area (Å²) in [6, 6.07) is 0. The molecule has 0 saturated heterocycles. The minimum Gasteiger partial charge on any atom is -0.462 e. The molecular formula is C12H19ClO6. The Morgan fingerprint density at radius 2 is 1.79 bits per heavy atom. The van der Waals surface area contributed by atoms with Crippen LogP contribution in [0.2, 0.25) is 0 Å². The van der Waals surface area contributed by atoms with Crippen molar-refractivity contribution in [2.45, 2.75) is 12.3 Å².